The molecule has 3 heterocycles. The summed E-state index contributed by atoms with van der Waals surface area (Å²) < 4.78 is 25.0. The smallest absolute Gasteiger partial charge is 0.230 e. The minimum Gasteiger partial charge on any atom is -0.311 e. The van der Waals surface area contributed by atoms with Gasteiger partial charge < -0.3 is 5.32 Å². The Morgan fingerprint density at radius 1 is 1.31 bits per heavy atom. The number of sulfone groups is 1. The quantitative estimate of drug-likeness (QED) is 0.773. The molecule has 1 N–H and O–H groups in total. The van der Waals surface area contributed by atoms with E-state index in [9.17, 15) is 13.2 Å². The molecular weight excluding hydrogens is 399 g/mol. The maximum Gasteiger partial charge on any atom is 0.230 e. The Labute approximate surface area is 161 Å². The summed E-state index contributed by atoms with van der Waals surface area (Å²) >= 11 is 12.3. The summed E-state index contributed by atoms with van der Waals surface area (Å²) in [6, 6.07) is 3.07. The van der Waals surface area contributed by atoms with Crippen LogP contribution in [0.25, 0.3) is 0 Å². The lowest BCUT2D eigenvalue weighted by Crippen LogP contribution is -2.21. The number of hydrogen-bond acceptors (Lipinski definition) is 5. The van der Waals surface area contributed by atoms with Gasteiger partial charge in [0.2, 0.25) is 5.91 Å². The van der Waals surface area contributed by atoms with Crippen molar-refractivity contribution in [3.8, 4) is 0 Å². The first-order valence-corrected chi connectivity index (χ1v) is 10.6. The van der Waals surface area contributed by atoms with E-state index in [1.165, 1.54) is 0 Å². The highest BCUT2D eigenvalue weighted by Gasteiger charge is 2.31. The molecule has 0 unspecified atom stereocenters. The van der Waals surface area contributed by atoms with Crippen LogP contribution in [0.5, 0.6) is 0 Å². The number of hydrogen-bond donors (Lipinski definition) is 1. The molecule has 1 fully saturated rings. The van der Waals surface area contributed by atoms with E-state index in [2.05, 4.69) is 15.4 Å². The van der Waals surface area contributed by atoms with Gasteiger partial charge in [0, 0.05) is 22.3 Å². The van der Waals surface area contributed by atoms with E-state index in [0.29, 0.717) is 34.2 Å². The van der Waals surface area contributed by atoms with Gasteiger partial charge in [0.15, 0.2) is 9.84 Å². The number of anilines is 1. The Morgan fingerprint density at radius 2 is 2.04 bits per heavy atom. The van der Waals surface area contributed by atoms with Gasteiger partial charge in [0.25, 0.3) is 0 Å². The summed E-state index contributed by atoms with van der Waals surface area (Å²) in [5.74, 6) is 0.282. The number of aryl methyl sites for hydroxylation is 2. The van der Waals surface area contributed by atoms with Crippen LogP contribution in [0.3, 0.4) is 0 Å². The van der Waals surface area contributed by atoms with Crippen LogP contribution in [0, 0.1) is 13.8 Å². The maximum atomic E-state index is 12.5. The van der Waals surface area contributed by atoms with Crippen LogP contribution >= 0.6 is 23.2 Å². The summed E-state index contributed by atoms with van der Waals surface area (Å²) in [6.45, 7) is 3.55. The molecule has 0 aromatic carbocycles. The molecule has 7 nitrogen and oxygen atoms in total. The third-order valence-corrected chi connectivity index (χ3v) is 6.56. The fraction of sp³-hybridized carbons (Fsp3) is 0.438. The fourth-order valence-electron chi connectivity index (χ4n) is 2.99. The average Bonchev–Trinajstić information content (AvgIpc) is 3.05. The second-order valence-electron chi connectivity index (χ2n) is 6.41. The zero-order chi connectivity index (χ0) is 19.1. The molecule has 10 heteroatoms. The van der Waals surface area contributed by atoms with Gasteiger partial charge in [-0.25, -0.2) is 18.1 Å². The van der Waals surface area contributed by atoms with Gasteiger partial charge in [-0.2, -0.15) is 5.10 Å². The Bertz CT molecular complexity index is 949. The molecule has 2 aromatic heterocycles. The van der Waals surface area contributed by atoms with E-state index in [-0.39, 0.29) is 35.0 Å². The monoisotopic (exact) mass is 416 g/mol. The van der Waals surface area contributed by atoms with Gasteiger partial charge in [-0.05, 0) is 26.3 Å². The van der Waals surface area contributed by atoms with Crippen LogP contribution in [0.15, 0.2) is 12.1 Å². The molecule has 0 radical (unpaired) electrons. The number of pyridine rings is 1. The zero-order valence-electron chi connectivity index (χ0n) is 14.3. The Balaban J connectivity index is 1.79. The molecule has 1 amide bonds. The summed E-state index contributed by atoms with van der Waals surface area (Å²) in [7, 11) is -3.06. The lowest BCUT2D eigenvalue weighted by Gasteiger charge is -2.14. The SMILES string of the molecule is Cc1cc(Cl)c(CC(=O)Nc2cc(C)nn2[C@H]2CCS(=O)(=O)C2)c(Cl)n1. The molecule has 3 rings (SSSR count). The van der Waals surface area contributed by atoms with Crippen LogP contribution in [-0.4, -0.2) is 40.6 Å². The van der Waals surface area contributed by atoms with Crippen molar-refractivity contribution in [2.45, 2.75) is 32.7 Å². The number of amides is 1. The summed E-state index contributed by atoms with van der Waals surface area (Å²) in [6.07, 6.45) is 0.435. The predicted octanol–water partition coefficient (Wildman–Crippen LogP) is 2.74. The largest absolute Gasteiger partial charge is 0.311 e. The number of rotatable bonds is 4. The minimum absolute atomic E-state index is 0.0243. The molecule has 0 bridgehead atoms. The van der Waals surface area contributed by atoms with Crippen molar-refractivity contribution in [1.29, 1.82) is 0 Å². The number of aromatic nitrogens is 3. The molecule has 1 atom stereocenters. The molecule has 140 valence electrons. The Hall–Kier alpha value is -1.64. The number of carbonyl (C=O) groups excluding carboxylic acids is 1. The molecule has 1 aliphatic heterocycles. The van der Waals surface area contributed by atoms with Gasteiger partial charge in [0.1, 0.15) is 11.0 Å². The molecule has 2 aromatic rings. The van der Waals surface area contributed by atoms with Crippen LogP contribution in [0.1, 0.15) is 29.4 Å². The van der Waals surface area contributed by atoms with Crippen molar-refractivity contribution in [3.63, 3.8) is 0 Å². The summed E-state index contributed by atoms with van der Waals surface area (Å²) in [5, 5.41) is 7.68. The number of nitrogens with one attached hydrogen (secondary N) is 1. The van der Waals surface area contributed by atoms with E-state index < -0.39 is 9.84 Å². The second-order valence-corrected chi connectivity index (χ2v) is 9.41. The van der Waals surface area contributed by atoms with Crippen molar-refractivity contribution >= 4 is 44.8 Å². The van der Waals surface area contributed by atoms with Gasteiger partial charge >= 0.3 is 0 Å². The van der Waals surface area contributed by atoms with Crippen molar-refractivity contribution in [1.82, 2.24) is 14.8 Å². The van der Waals surface area contributed by atoms with Crippen molar-refractivity contribution < 1.29 is 13.2 Å². The lowest BCUT2D eigenvalue weighted by molar-refractivity contribution is -0.115. The zero-order valence-corrected chi connectivity index (χ0v) is 16.6. The summed E-state index contributed by atoms with van der Waals surface area (Å²) in [5.41, 5.74) is 1.81. The maximum absolute atomic E-state index is 12.5. The third kappa shape index (κ3) is 4.19. The molecule has 0 aliphatic carbocycles. The highest BCUT2D eigenvalue weighted by atomic mass is 35.5. The van der Waals surface area contributed by atoms with Crippen molar-refractivity contribution in [2.24, 2.45) is 0 Å². The van der Waals surface area contributed by atoms with Crippen molar-refractivity contribution in [3.05, 3.63) is 39.3 Å². The lowest BCUT2D eigenvalue weighted by atomic mass is 10.2. The van der Waals surface area contributed by atoms with E-state index in [0.717, 1.165) is 0 Å². The first-order valence-electron chi connectivity index (χ1n) is 8.02. The van der Waals surface area contributed by atoms with Gasteiger partial charge in [-0.1, -0.05) is 23.2 Å². The Morgan fingerprint density at radius 3 is 2.65 bits per heavy atom. The normalized spacial score (nSPS) is 18.8. The molecule has 0 saturated carbocycles. The van der Waals surface area contributed by atoms with E-state index >= 15 is 0 Å². The van der Waals surface area contributed by atoms with Gasteiger partial charge in [-0.3, -0.25) is 4.79 Å². The van der Waals surface area contributed by atoms with E-state index in [1.54, 1.807) is 30.7 Å². The van der Waals surface area contributed by atoms with Crippen molar-refractivity contribution in [2.75, 3.05) is 16.8 Å². The van der Waals surface area contributed by atoms with Crippen LogP contribution in [-0.2, 0) is 21.1 Å². The fourth-order valence-corrected chi connectivity index (χ4v) is 5.34. The van der Waals surface area contributed by atoms with Crippen LogP contribution < -0.4 is 5.32 Å². The third-order valence-electron chi connectivity index (χ3n) is 4.16. The molecule has 26 heavy (non-hydrogen) atoms. The first-order chi connectivity index (χ1) is 12.1. The molecule has 1 aliphatic rings. The Kier molecular flexibility index (Phi) is 5.28. The average molecular weight is 417 g/mol. The van der Waals surface area contributed by atoms with E-state index in [1.807, 2.05) is 0 Å². The number of nitrogens with zero attached hydrogens (tertiary/aromatic N) is 3. The first kappa shape index (κ1) is 19.1. The number of halogens is 2. The highest BCUT2D eigenvalue weighted by molar-refractivity contribution is 7.91. The minimum atomic E-state index is -3.06. The van der Waals surface area contributed by atoms with Gasteiger partial charge in [0.05, 0.1) is 29.7 Å². The standard InChI is InChI=1S/C16H18Cl2N4O3S/c1-9-5-13(17)12(16(18)19-9)7-15(23)20-14-6-10(2)21-22(14)11-3-4-26(24,25)8-11/h5-6,11H,3-4,7-8H2,1-2H3,(H,20,23)/t11-/m0/s1. The number of carbonyl (C=O) groups is 1. The van der Waals surface area contributed by atoms with Crippen LogP contribution in [0.4, 0.5) is 5.82 Å². The topological polar surface area (TPSA) is 94.0 Å². The van der Waals surface area contributed by atoms with E-state index in [4.69, 9.17) is 23.2 Å². The summed E-state index contributed by atoms with van der Waals surface area (Å²) in [4.78, 5) is 16.6. The molecule has 0 spiro atoms. The van der Waals surface area contributed by atoms with Crippen LogP contribution in [0.2, 0.25) is 10.2 Å². The van der Waals surface area contributed by atoms with Gasteiger partial charge in [-0.15, -0.1) is 0 Å². The molecular formula is C16H18Cl2N4O3S. The molecule has 1 saturated heterocycles. The second kappa shape index (κ2) is 7.17. The highest BCUT2D eigenvalue weighted by Crippen LogP contribution is 2.28. The predicted molar refractivity (Wildman–Crippen MR) is 101 cm³/mol.